The molecule has 0 rings (SSSR count). The highest BCUT2D eigenvalue weighted by Crippen LogP contribution is 2.16. The van der Waals surface area contributed by atoms with Crippen molar-refractivity contribution in [2.45, 2.75) is 271 Å². The second-order valence-electron chi connectivity index (χ2n) is 17.8. The normalized spacial score (nSPS) is 12.5. The summed E-state index contributed by atoms with van der Waals surface area (Å²) in [4.78, 5) is 37.9. The standard InChI is InChI=1S/C57H100O6/c1-4-7-10-13-16-19-21-23-25-27-29-31-33-35-38-41-44-47-50-56(59)62-53-54(52-61-55(58)49-46-43-40-37-18-15-12-9-6-3)63-57(60)51-48-45-42-39-36-34-32-30-28-26-24-22-20-17-14-11-8-5-2/h9,12,18,25,27,29,31,37,43,46,54H,4-8,10-11,13-17,19-24,26,28,30,32-36,38-42,44-45,47-53H2,1-3H3/b12-9-,27-25-,31-29-,37-18-,46-43-. The second-order valence-corrected chi connectivity index (χ2v) is 17.8. The van der Waals surface area contributed by atoms with E-state index in [4.69, 9.17) is 14.2 Å². The fraction of sp³-hybridized carbons (Fsp3) is 0.772. The van der Waals surface area contributed by atoms with Crippen molar-refractivity contribution in [3.63, 3.8) is 0 Å². The molecule has 0 heterocycles. The van der Waals surface area contributed by atoms with Crippen molar-refractivity contribution in [1.82, 2.24) is 0 Å². The number of allylic oxidation sites excluding steroid dienone is 9. The van der Waals surface area contributed by atoms with Gasteiger partial charge in [-0.15, -0.1) is 0 Å². The number of hydrogen-bond donors (Lipinski definition) is 0. The lowest BCUT2D eigenvalue weighted by atomic mass is 10.0. The van der Waals surface area contributed by atoms with Crippen molar-refractivity contribution in [1.29, 1.82) is 0 Å². The van der Waals surface area contributed by atoms with Gasteiger partial charge in [-0.1, -0.05) is 248 Å². The first kappa shape index (κ1) is 60.1. The van der Waals surface area contributed by atoms with E-state index >= 15 is 0 Å². The number of hydrogen-bond acceptors (Lipinski definition) is 6. The molecule has 6 nitrogen and oxygen atoms in total. The monoisotopic (exact) mass is 881 g/mol. The molecule has 0 fully saturated rings. The van der Waals surface area contributed by atoms with E-state index in [-0.39, 0.29) is 31.6 Å². The quantitative estimate of drug-likeness (QED) is 0.0199. The zero-order valence-electron chi connectivity index (χ0n) is 41.6. The summed E-state index contributed by atoms with van der Waals surface area (Å²) in [6, 6.07) is 0. The molecule has 0 aromatic heterocycles. The van der Waals surface area contributed by atoms with Gasteiger partial charge in [0.15, 0.2) is 6.10 Å². The maximum atomic E-state index is 12.8. The van der Waals surface area contributed by atoms with Crippen LogP contribution >= 0.6 is 0 Å². The van der Waals surface area contributed by atoms with Crippen LogP contribution in [0.3, 0.4) is 0 Å². The minimum atomic E-state index is -0.813. The van der Waals surface area contributed by atoms with E-state index in [2.05, 4.69) is 69.4 Å². The van der Waals surface area contributed by atoms with Crippen LogP contribution in [0.5, 0.6) is 0 Å². The maximum absolute atomic E-state index is 12.8. The van der Waals surface area contributed by atoms with Crippen LogP contribution < -0.4 is 0 Å². The second kappa shape index (κ2) is 51.7. The van der Waals surface area contributed by atoms with E-state index in [9.17, 15) is 14.4 Å². The molecule has 0 aromatic rings. The Hall–Kier alpha value is -2.89. The lowest BCUT2D eigenvalue weighted by molar-refractivity contribution is -0.166. The predicted octanol–water partition coefficient (Wildman–Crippen LogP) is 17.6. The number of esters is 3. The van der Waals surface area contributed by atoms with Crippen LogP contribution in [0, 0.1) is 0 Å². The Morgan fingerprint density at radius 1 is 0.365 bits per heavy atom. The Morgan fingerprint density at radius 2 is 0.714 bits per heavy atom. The van der Waals surface area contributed by atoms with Gasteiger partial charge in [-0.05, 0) is 57.8 Å². The number of rotatable bonds is 48. The Morgan fingerprint density at radius 3 is 1.14 bits per heavy atom. The van der Waals surface area contributed by atoms with E-state index < -0.39 is 12.1 Å². The summed E-state index contributed by atoms with van der Waals surface area (Å²) in [5.74, 6) is -1.04. The van der Waals surface area contributed by atoms with Gasteiger partial charge in [0.1, 0.15) is 13.2 Å². The first-order valence-corrected chi connectivity index (χ1v) is 26.8. The molecule has 364 valence electrons. The third kappa shape index (κ3) is 50.0. The lowest BCUT2D eigenvalue weighted by Gasteiger charge is -2.18. The van der Waals surface area contributed by atoms with Crippen LogP contribution in [-0.4, -0.2) is 37.2 Å². The third-order valence-corrected chi connectivity index (χ3v) is 11.6. The fourth-order valence-electron chi connectivity index (χ4n) is 7.55. The van der Waals surface area contributed by atoms with Gasteiger partial charge < -0.3 is 14.2 Å². The highest BCUT2D eigenvalue weighted by molar-refractivity contribution is 5.72. The van der Waals surface area contributed by atoms with Gasteiger partial charge in [0.05, 0.1) is 6.42 Å². The highest BCUT2D eigenvalue weighted by atomic mass is 16.6. The molecule has 0 spiro atoms. The smallest absolute Gasteiger partial charge is 0.309 e. The van der Waals surface area contributed by atoms with Crippen molar-refractivity contribution in [2.24, 2.45) is 0 Å². The number of ether oxygens (including phenoxy) is 3. The maximum Gasteiger partial charge on any atom is 0.309 e. The zero-order valence-corrected chi connectivity index (χ0v) is 41.6. The molecular formula is C57H100O6. The van der Waals surface area contributed by atoms with E-state index in [1.165, 1.54) is 148 Å². The average molecular weight is 881 g/mol. The molecule has 0 radical (unpaired) electrons. The molecule has 0 aliphatic heterocycles. The Labute approximate surface area is 390 Å². The molecular weight excluding hydrogens is 781 g/mol. The minimum Gasteiger partial charge on any atom is -0.462 e. The largest absolute Gasteiger partial charge is 0.462 e. The molecule has 0 N–H and O–H groups in total. The van der Waals surface area contributed by atoms with E-state index in [0.29, 0.717) is 12.8 Å². The summed E-state index contributed by atoms with van der Waals surface area (Å²) in [5, 5.41) is 0. The van der Waals surface area contributed by atoms with Crippen LogP contribution in [0.1, 0.15) is 265 Å². The van der Waals surface area contributed by atoms with Gasteiger partial charge in [0.2, 0.25) is 0 Å². The summed E-state index contributed by atoms with van der Waals surface area (Å²) in [6.07, 6.45) is 63.9. The molecule has 1 atom stereocenters. The zero-order chi connectivity index (χ0) is 45.8. The Kier molecular flexibility index (Phi) is 49.4. The minimum absolute atomic E-state index is 0.107. The first-order valence-electron chi connectivity index (χ1n) is 26.8. The molecule has 6 heteroatoms. The number of carbonyl (C=O) groups excluding carboxylic acids is 3. The molecule has 0 saturated heterocycles. The predicted molar refractivity (Wildman–Crippen MR) is 270 cm³/mol. The summed E-state index contributed by atoms with van der Waals surface area (Å²) in [5.41, 5.74) is 0. The third-order valence-electron chi connectivity index (χ3n) is 11.6. The van der Waals surface area contributed by atoms with Crippen molar-refractivity contribution in [2.75, 3.05) is 13.2 Å². The fourth-order valence-corrected chi connectivity index (χ4v) is 7.55. The molecule has 0 aliphatic rings. The van der Waals surface area contributed by atoms with E-state index in [1.807, 2.05) is 6.08 Å². The van der Waals surface area contributed by atoms with Crippen LogP contribution in [0.2, 0.25) is 0 Å². The summed E-state index contributed by atoms with van der Waals surface area (Å²) >= 11 is 0. The number of carbonyl (C=O) groups is 3. The van der Waals surface area contributed by atoms with E-state index in [1.54, 1.807) is 6.08 Å². The summed E-state index contributed by atoms with van der Waals surface area (Å²) < 4.78 is 16.7. The van der Waals surface area contributed by atoms with Gasteiger partial charge in [0.25, 0.3) is 0 Å². The summed E-state index contributed by atoms with van der Waals surface area (Å²) in [6.45, 7) is 6.43. The average Bonchev–Trinajstić information content (AvgIpc) is 3.28. The van der Waals surface area contributed by atoms with Crippen LogP contribution in [0.15, 0.2) is 60.8 Å². The van der Waals surface area contributed by atoms with Crippen molar-refractivity contribution in [3.8, 4) is 0 Å². The molecule has 0 aromatic carbocycles. The van der Waals surface area contributed by atoms with Crippen molar-refractivity contribution in [3.05, 3.63) is 60.8 Å². The van der Waals surface area contributed by atoms with Gasteiger partial charge in [-0.2, -0.15) is 0 Å². The number of unbranched alkanes of at least 4 members (excludes halogenated alkanes) is 29. The molecule has 0 bridgehead atoms. The molecule has 63 heavy (non-hydrogen) atoms. The van der Waals surface area contributed by atoms with Crippen LogP contribution in [0.4, 0.5) is 0 Å². The summed E-state index contributed by atoms with van der Waals surface area (Å²) in [7, 11) is 0. The van der Waals surface area contributed by atoms with Crippen LogP contribution in [0.25, 0.3) is 0 Å². The highest BCUT2D eigenvalue weighted by Gasteiger charge is 2.19. The van der Waals surface area contributed by atoms with Gasteiger partial charge in [-0.25, -0.2) is 0 Å². The molecule has 0 saturated carbocycles. The topological polar surface area (TPSA) is 78.9 Å². The van der Waals surface area contributed by atoms with Crippen molar-refractivity contribution >= 4 is 17.9 Å². The van der Waals surface area contributed by atoms with Crippen LogP contribution in [-0.2, 0) is 28.6 Å². The SMILES string of the molecule is CC/C=C\C/C=C\C/C=C\CC(=O)OCC(COC(=O)CCCCCCC/C=C\C=C/CCCCCCCCC)OC(=O)CCCCCCCCCCCCCCCCCCCC. The first-order chi connectivity index (χ1) is 31.0. The van der Waals surface area contributed by atoms with Crippen molar-refractivity contribution < 1.29 is 28.6 Å². The molecule has 0 amide bonds. The molecule has 0 aliphatic carbocycles. The Bertz CT molecular complexity index is 1150. The van der Waals surface area contributed by atoms with Gasteiger partial charge in [0, 0.05) is 12.8 Å². The van der Waals surface area contributed by atoms with Gasteiger partial charge in [-0.3, -0.25) is 14.4 Å². The Balaban J connectivity index is 4.35. The van der Waals surface area contributed by atoms with Gasteiger partial charge >= 0.3 is 17.9 Å². The van der Waals surface area contributed by atoms with E-state index in [0.717, 1.165) is 77.0 Å². The lowest BCUT2D eigenvalue weighted by Crippen LogP contribution is -2.30. The molecule has 1 unspecified atom stereocenters.